The van der Waals surface area contributed by atoms with Gasteiger partial charge in [-0.3, -0.25) is 9.78 Å². The second kappa shape index (κ2) is 8.39. The van der Waals surface area contributed by atoms with Gasteiger partial charge in [0, 0.05) is 43.6 Å². The number of benzene rings is 1. The SMILES string of the molecule is CCN(CC)c1ccc(C2SCC(=O)N2CCc2ccccn2)cc1. The molecule has 0 spiro atoms. The number of amides is 1. The molecule has 0 aliphatic carbocycles. The zero-order chi connectivity index (χ0) is 17.6. The third-order valence-corrected chi connectivity index (χ3v) is 5.87. The van der Waals surface area contributed by atoms with Crippen molar-refractivity contribution in [2.75, 3.05) is 30.3 Å². The van der Waals surface area contributed by atoms with Crippen molar-refractivity contribution < 1.29 is 4.79 Å². The number of thioether (sulfide) groups is 1. The smallest absolute Gasteiger partial charge is 0.233 e. The van der Waals surface area contributed by atoms with Crippen LogP contribution in [0.5, 0.6) is 0 Å². The molecular formula is C20H25N3OS. The van der Waals surface area contributed by atoms with E-state index in [4.69, 9.17) is 0 Å². The second-order valence-corrected chi connectivity index (χ2v) is 7.15. The summed E-state index contributed by atoms with van der Waals surface area (Å²) in [7, 11) is 0. The molecule has 1 amide bonds. The van der Waals surface area contributed by atoms with Gasteiger partial charge >= 0.3 is 0 Å². The molecule has 1 fully saturated rings. The van der Waals surface area contributed by atoms with Crippen LogP contribution >= 0.6 is 11.8 Å². The number of pyridine rings is 1. The van der Waals surface area contributed by atoms with Crippen LogP contribution in [0.4, 0.5) is 5.69 Å². The van der Waals surface area contributed by atoms with Gasteiger partial charge < -0.3 is 9.80 Å². The van der Waals surface area contributed by atoms with Crippen LogP contribution in [-0.2, 0) is 11.2 Å². The lowest BCUT2D eigenvalue weighted by molar-refractivity contribution is -0.128. The number of rotatable bonds is 7. The average Bonchev–Trinajstić information content (AvgIpc) is 3.03. The topological polar surface area (TPSA) is 36.4 Å². The van der Waals surface area contributed by atoms with Crippen LogP contribution in [0.2, 0.25) is 0 Å². The van der Waals surface area contributed by atoms with Crippen molar-refractivity contribution in [2.24, 2.45) is 0 Å². The van der Waals surface area contributed by atoms with E-state index in [0.29, 0.717) is 12.3 Å². The highest BCUT2D eigenvalue weighted by atomic mass is 32.2. The van der Waals surface area contributed by atoms with Crippen LogP contribution in [0.1, 0.15) is 30.5 Å². The first-order valence-electron chi connectivity index (χ1n) is 8.88. The van der Waals surface area contributed by atoms with E-state index in [1.807, 2.05) is 23.1 Å². The van der Waals surface area contributed by atoms with Crippen molar-refractivity contribution in [1.82, 2.24) is 9.88 Å². The average molecular weight is 356 g/mol. The van der Waals surface area contributed by atoms with Gasteiger partial charge in [0.05, 0.1) is 5.75 Å². The Labute approximate surface area is 154 Å². The third-order valence-electron chi connectivity index (χ3n) is 4.61. The number of aromatic nitrogens is 1. The zero-order valence-electron chi connectivity index (χ0n) is 14.9. The predicted molar refractivity (Wildman–Crippen MR) is 105 cm³/mol. The van der Waals surface area contributed by atoms with E-state index in [2.05, 4.69) is 48.0 Å². The Kier molecular flexibility index (Phi) is 5.97. The Bertz CT molecular complexity index is 686. The van der Waals surface area contributed by atoms with E-state index in [-0.39, 0.29) is 11.3 Å². The predicted octanol–water partition coefficient (Wildman–Crippen LogP) is 3.74. The van der Waals surface area contributed by atoms with E-state index < -0.39 is 0 Å². The van der Waals surface area contributed by atoms with Crippen LogP contribution in [0.3, 0.4) is 0 Å². The van der Waals surface area contributed by atoms with E-state index in [0.717, 1.165) is 25.2 Å². The summed E-state index contributed by atoms with van der Waals surface area (Å²) >= 11 is 1.71. The highest BCUT2D eigenvalue weighted by molar-refractivity contribution is 8.00. The first kappa shape index (κ1) is 17.8. The number of nitrogens with zero attached hydrogens (tertiary/aromatic N) is 3. The summed E-state index contributed by atoms with van der Waals surface area (Å²) in [6.07, 6.45) is 2.60. The van der Waals surface area contributed by atoms with Gasteiger partial charge in [-0.1, -0.05) is 18.2 Å². The summed E-state index contributed by atoms with van der Waals surface area (Å²) in [4.78, 5) is 21.0. The molecule has 0 bridgehead atoms. The molecule has 2 aromatic rings. The molecule has 3 rings (SSSR count). The third kappa shape index (κ3) is 4.15. The molecule has 1 aliphatic heterocycles. The largest absolute Gasteiger partial charge is 0.372 e. The van der Waals surface area contributed by atoms with Gasteiger partial charge in [0.2, 0.25) is 5.91 Å². The Morgan fingerprint density at radius 1 is 1.16 bits per heavy atom. The fourth-order valence-electron chi connectivity index (χ4n) is 3.19. The summed E-state index contributed by atoms with van der Waals surface area (Å²) in [5, 5.41) is 0.113. The molecular weight excluding hydrogens is 330 g/mol. The normalized spacial score (nSPS) is 17.1. The number of carbonyl (C=O) groups excluding carboxylic acids is 1. The molecule has 1 aliphatic rings. The summed E-state index contributed by atoms with van der Waals surface area (Å²) in [6, 6.07) is 14.6. The summed E-state index contributed by atoms with van der Waals surface area (Å²) in [5.74, 6) is 0.781. The van der Waals surface area contributed by atoms with Crippen LogP contribution in [0.15, 0.2) is 48.7 Å². The lowest BCUT2D eigenvalue weighted by Crippen LogP contribution is -2.30. The Morgan fingerprint density at radius 3 is 2.56 bits per heavy atom. The van der Waals surface area contributed by atoms with E-state index in [1.54, 1.807) is 18.0 Å². The fraction of sp³-hybridized carbons (Fsp3) is 0.400. The minimum atomic E-state index is 0.113. The van der Waals surface area contributed by atoms with Gasteiger partial charge in [-0.2, -0.15) is 0 Å². The lowest BCUT2D eigenvalue weighted by atomic mass is 10.1. The highest BCUT2D eigenvalue weighted by Crippen LogP contribution is 2.39. The molecule has 132 valence electrons. The van der Waals surface area contributed by atoms with Crippen molar-refractivity contribution in [2.45, 2.75) is 25.6 Å². The van der Waals surface area contributed by atoms with Gasteiger partial charge in [0.25, 0.3) is 0 Å². The molecule has 25 heavy (non-hydrogen) atoms. The molecule has 0 saturated carbocycles. The van der Waals surface area contributed by atoms with Crippen molar-refractivity contribution in [3.63, 3.8) is 0 Å². The molecule has 1 unspecified atom stereocenters. The van der Waals surface area contributed by atoms with Crippen molar-refractivity contribution >= 4 is 23.4 Å². The molecule has 0 N–H and O–H groups in total. The van der Waals surface area contributed by atoms with E-state index in [1.165, 1.54) is 11.3 Å². The fourth-order valence-corrected chi connectivity index (χ4v) is 4.41. The Morgan fingerprint density at radius 2 is 1.92 bits per heavy atom. The van der Waals surface area contributed by atoms with Gasteiger partial charge in [-0.15, -0.1) is 11.8 Å². The molecule has 1 aromatic carbocycles. The molecule has 1 aromatic heterocycles. The van der Waals surface area contributed by atoms with E-state index in [9.17, 15) is 4.79 Å². The summed E-state index contributed by atoms with van der Waals surface area (Å²) in [6.45, 7) is 7.06. The minimum Gasteiger partial charge on any atom is -0.372 e. The lowest BCUT2D eigenvalue weighted by Gasteiger charge is -2.25. The standard InChI is InChI=1S/C20H25N3OS/c1-3-22(4-2)18-10-8-16(9-11-18)20-23(19(24)15-25-20)14-12-17-7-5-6-13-21-17/h5-11,13,20H,3-4,12,14-15H2,1-2H3. The molecule has 2 heterocycles. The van der Waals surface area contributed by atoms with Crippen LogP contribution in [0.25, 0.3) is 0 Å². The quantitative estimate of drug-likeness (QED) is 0.758. The Balaban J connectivity index is 1.70. The summed E-state index contributed by atoms with van der Waals surface area (Å²) < 4.78 is 0. The van der Waals surface area contributed by atoms with Crippen LogP contribution in [0, 0.1) is 0 Å². The minimum absolute atomic E-state index is 0.113. The van der Waals surface area contributed by atoms with Crippen LogP contribution in [-0.4, -0.2) is 41.2 Å². The molecule has 1 saturated heterocycles. The number of hydrogen-bond donors (Lipinski definition) is 0. The van der Waals surface area contributed by atoms with Gasteiger partial charge in [-0.05, 0) is 43.7 Å². The maximum atomic E-state index is 12.3. The van der Waals surface area contributed by atoms with Gasteiger partial charge in [-0.25, -0.2) is 0 Å². The van der Waals surface area contributed by atoms with Crippen LogP contribution < -0.4 is 4.90 Å². The highest BCUT2D eigenvalue weighted by Gasteiger charge is 2.32. The maximum absolute atomic E-state index is 12.3. The van der Waals surface area contributed by atoms with Gasteiger partial charge in [0.15, 0.2) is 0 Å². The molecule has 4 nitrogen and oxygen atoms in total. The monoisotopic (exact) mass is 355 g/mol. The first-order valence-corrected chi connectivity index (χ1v) is 9.93. The van der Waals surface area contributed by atoms with Crippen molar-refractivity contribution in [3.05, 3.63) is 59.9 Å². The zero-order valence-corrected chi connectivity index (χ0v) is 15.7. The van der Waals surface area contributed by atoms with Crippen molar-refractivity contribution in [1.29, 1.82) is 0 Å². The van der Waals surface area contributed by atoms with Crippen molar-refractivity contribution in [3.8, 4) is 0 Å². The Hall–Kier alpha value is -2.01. The maximum Gasteiger partial charge on any atom is 0.233 e. The summed E-state index contributed by atoms with van der Waals surface area (Å²) in [5.41, 5.74) is 3.47. The number of anilines is 1. The molecule has 1 atom stereocenters. The molecule has 0 radical (unpaired) electrons. The second-order valence-electron chi connectivity index (χ2n) is 6.09. The molecule has 5 heteroatoms. The number of carbonyl (C=O) groups is 1. The van der Waals surface area contributed by atoms with E-state index >= 15 is 0 Å². The first-order chi connectivity index (χ1) is 12.2. The van der Waals surface area contributed by atoms with Gasteiger partial charge in [0.1, 0.15) is 5.37 Å². The number of hydrogen-bond acceptors (Lipinski definition) is 4.